The van der Waals surface area contributed by atoms with Gasteiger partial charge in [0.15, 0.2) is 5.82 Å². The summed E-state index contributed by atoms with van der Waals surface area (Å²) >= 11 is 1.26. The van der Waals surface area contributed by atoms with Crippen molar-refractivity contribution < 1.29 is 14.4 Å². The molecule has 0 spiro atoms. The molecule has 0 aliphatic rings. The van der Waals surface area contributed by atoms with Crippen LogP contribution in [-0.2, 0) is 10.5 Å². The van der Waals surface area contributed by atoms with Crippen LogP contribution in [0.15, 0.2) is 34.9 Å². The van der Waals surface area contributed by atoms with Crippen molar-refractivity contribution >= 4 is 17.7 Å². The van der Waals surface area contributed by atoms with E-state index in [4.69, 9.17) is 9.63 Å². The number of rotatable bonds is 5. The minimum atomic E-state index is -0.868. The van der Waals surface area contributed by atoms with Crippen molar-refractivity contribution in [1.29, 1.82) is 0 Å². The number of hydrogen-bond acceptors (Lipinski definition) is 5. The Hall–Kier alpha value is -1.82. The summed E-state index contributed by atoms with van der Waals surface area (Å²) in [6.45, 7) is 3.30. The minimum absolute atomic E-state index is 0.398. The normalized spacial score (nSPS) is 11.5. The summed E-state index contributed by atoms with van der Waals surface area (Å²) in [7, 11) is 0. The first-order valence-electron chi connectivity index (χ1n) is 5.74. The summed E-state index contributed by atoms with van der Waals surface area (Å²) in [5.41, 5.74) is 0.851. The highest BCUT2D eigenvalue weighted by Crippen LogP contribution is 2.28. The Labute approximate surface area is 115 Å². The van der Waals surface area contributed by atoms with Crippen molar-refractivity contribution in [3.05, 3.63) is 36.2 Å². The van der Waals surface area contributed by atoms with E-state index in [1.165, 1.54) is 11.8 Å². The van der Waals surface area contributed by atoms with Crippen molar-refractivity contribution in [2.24, 2.45) is 0 Å². The lowest BCUT2D eigenvalue weighted by atomic mass is 10.2. The van der Waals surface area contributed by atoms with Gasteiger partial charge in [-0.05, 0) is 26.0 Å². The second kappa shape index (κ2) is 5.44. The lowest BCUT2D eigenvalue weighted by molar-refractivity contribution is -0.138. The molecule has 0 amide bonds. The Kier molecular flexibility index (Phi) is 3.90. The molecule has 0 bridgehead atoms. The van der Waals surface area contributed by atoms with Gasteiger partial charge in [0.2, 0.25) is 0 Å². The standard InChI is InChI=1S/C13H14N2O3S/c1-13(2,12(16)17)19-8-10-14-11(18-15-10)9-6-4-3-5-7-9/h3-7H,8H2,1-2H3,(H,16,17). The van der Waals surface area contributed by atoms with Gasteiger partial charge in [0.25, 0.3) is 5.89 Å². The number of benzene rings is 1. The molecule has 0 radical (unpaired) electrons. The van der Waals surface area contributed by atoms with E-state index >= 15 is 0 Å². The van der Waals surface area contributed by atoms with Crippen molar-refractivity contribution in [2.75, 3.05) is 0 Å². The lowest BCUT2D eigenvalue weighted by Gasteiger charge is -2.16. The van der Waals surface area contributed by atoms with Crippen molar-refractivity contribution in [3.63, 3.8) is 0 Å². The molecule has 0 aliphatic carbocycles. The van der Waals surface area contributed by atoms with E-state index < -0.39 is 10.7 Å². The minimum Gasteiger partial charge on any atom is -0.480 e. The molecular formula is C13H14N2O3S. The molecule has 1 heterocycles. The molecule has 0 atom stereocenters. The average molecular weight is 278 g/mol. The summed E-state index contributed by atoms with van der Waals surface area (Å²) in [5.74, 6) is 0.488. The molecule has 0 aliphatic heterocycles. The van der Waals surface area contributed by atoms with Gasteiger partial charge < -0.3 is 9.63 Å². The molecule has 2 aromatic rings. The maximum atomic E-state index is 11.0. The average Bonchev–Trinajstić information content (AvgIpc) is 2.86. The van der Waals surface area contributed by atoms with E-state index in [0.29, 0.717) is 17.5 Å². The number of carbonyl (C=O) groups is 1. The fourth-order valence-corrected chi connectivity index (χ4v) is 2.05. The van der Waals surface area contributed by atoms with E-state index in [0.717, 1.165) is 5.56 Å². The Morgan fingerprint density at radius 2 is 2.05 bits per heavy atom. The Morgan fingerprint density at radius 1 is 1.37 bits per heavy atom. The van der Waals surface area contributed by atoms with Gasteiger partial charge in [-0.3, -0.25) is 4.79 Å². The monoisotopic (exact) mass is 278 g/mol. The first kappa shape index (κ1) is 13.6. The van der Waals surface area contributed by atoms with Crippen LogP contribution in [0.4, 0.5) is 0 Å². The molecule has 0 saturated heterocycles. The van der Waals surface area contributed by atoms with Crippen LogP contribution in [0.3, 0.4) is 0 Å². The van der Waals surface area contributed by atoms with Gasteiger partial charge in [0.1, 0.15) is 4.75 Å². The van der Waals surface area contributed by atoms with E-state index in [2.05, 4.69) is 10.1 Å². The molecule has 5 nitrogen and oxygen atoms in total. The Morgan fingerprint density at radius 3 is 2.68 bits per heavy atom. The van der Waals surface area contributed by atoms with Crippen LogP contribution in [-0.4, -0.2) is 26.0 Å². The Balaban J connectivity index is 2.05. The van der Waals surface area contributed by atoms with Crippen molar-refractivity contribution in [1.82, 2.24) is 10.1 Å². The van der Waals surface area contributed by atoms with Crippen LogP contribution in [0.25, 0.3) is 11.5 Å². The summed E-state index contributed by atoms with van der Waals surface area (Å²) in [6.07, 6.45) is 0. The zero-order valence-electron chi connectivity index (χ0n) is 10.7. The fourth-order valence-electron chi connectivity index (χ4n) is 1.32. The van der Waals surface area contributed by atoms with Crippen LogP contribution in [0.2, 0.25) is 0 Å². The third-order valence-corrected chi connectivity index (χ3v) is 3.86. The third kappa shape index (κ3) is 3.35. The maximum Gasteiger partial charge on any atom is 0.319 e. The van der Waals surface area contributed by atoms with Crippen LogP contribution < -0.4 is 0 Å². The van der Waals surface area contributed by atoms with Crippen molar-refractivity contribution in [2.45, 2.75) is 24.3 Å². The van der Waals surface area contributed by atoms with Crippen molar-refractivity contribution in [3.8, 4) is 11.5 Å². The number of carboxylic acid groups (broad SMARTS) is 1. The number of thioether (sulfide) groups is 1. The highest BCUT2D eigenvalue weighted by Gasteiger charge is 2.28. The molecule has 100 valence electrons. The van der Waals surface area contributed by atoms with Crippen LogP contribution in [0.1, 0.15) is 19.7 Å². The summed E-state index contributed by atoms with van der Waals surface area (Å²) in [5, 5.41) is 12.9. The van der Waals surface area contributed by atoms with Gasteiger partial charge in [-0.1, -0.05) is 23.4 Å². The lowest BCUT2D eigenvalue weighted by Crippen LogP contribution is -2.27. The van der Waals surface area contributed by atoms with Crippen LogP contribution >= 0.6 is 11.8 Å². The summed E-state index contributed by atoms with van der Waals surface area (Å²) in [4.78, 5) is 15.2. The summed E-state index contributed by atoms with van der Waals surface area (Å²) < 4.78 is 4.29. The molecular weight excluding hydrogens is 264 g/mol. The number of carboxylic acids is 1. The first-order chi connectivity index (χ1) is 8.99. The first-order valence-corrected chi connectivity index (χ1v) is 6.73. The molecule has 6 heteroatoms. The van der Waals surface area contributed by atoms with E-state index in [9.17, 15) is 4.79 Å². The molecule has 1 N–H and O–H groups in total. The molecule has 2 rings (SSSR count). The number of hydrogen-bond donors (Lipinski definition) is 1. The second-order valence-electron chi connectivity index (χ2n) is 4.49. The molecule has 1 aromatic heterocycles. The van der Waals surface area contributed by atoms with Crippen LogP contribution in [0, 0.1) is 0 Å². The Bertz CT molecular complexity index is 566. The van der Waals surface area contributed by atoms with E-state index in [-0.39, 0.29) is 0 Å². The largest absolute Gasteiger partial charge is 0.480 e. The van der Waals surface area contributed by atoms with Gasteiger partial charge in [0.05, 0.1) is 5.75 Å². The molecule has 19 heavy (non-hydrogen) atoms. The van der Waals surface area contributed by atoms with Crippen LogP contribution in [0.5, 0.6) is 0 Å². The fraction of sp³-hybridized carbons (Fsp3) is 0.308. The maximum absolute atomic E-state index is 11.0. The van der Waals surface area contributed by atoms with E-state index in [1.807, 2.05) is 30.3 Å². The molecule has 0 unspecified atom stereocenters. The zero-order chi connectivity index (χ0) is 13.9. The second-order valence-corrected chi connectivity index (χ2v) is 6.08. The number of aromatic nitrogens is 2. The van der Waals surface area contributed by atoms with Gasteiger partial charge in [0, 0.05) is 5.56 Å². The SMILES string of the molecule is CC(C)(SCc1noc(-c2ccccc2)n1)C(=O)O. The number of nitrogens with zero attached hydrogens (tertiary/aromatic N) is 2. The van der Waals surface area contributed by atoms with Gasteiger partial charge in [-0.15, -0.1) is 11.8 Å². The molecule has 0 fully saturated rings. The quantitative estimate of drug-likeness (QED) is 0.906. The highest BCUT2D eigenvalue weighted by molar-refractivity contribution is 8.00. The zero-order valence-corrected chi connectivity index (χ0v) is 11.5. The predicted molar refractivity (Wildman–Crippen MR) is 72.7 cm³/mol. The van der Waals surface area contributed by atoms with Gasteiger partial charge in [-0.25, -0.2) is 0 Å². The number of aliphatic carboxylic acids is 1. The predicted octanol–water partition coefficient (Wildman–Crippen LogP) is 2.83. The molecule has 0 saturated carbocycles. The third-order valence-electron chi connectivity index (χ3n) is 2.57. The highest BCUT2D eigenvalue weighted by atomic mass is 32.2. The van der Waals surface area contributed by atoms with Gasteiger partial charge in [-0.2, -0.15) is 4.98 Å². The van der Waals surface area contributed by atoms with Gasteiger partial charge >= 0.3 is 5.97 Å². The smallest absolute Gasteiger partial charge is 0.319 e. The topological polar surface area (TPSA) is 76.2 Å². The van der Waals surface area contributed by atoms with E-state index in [1.54, 1.807) is 13.8 Å². The molecule has 1 aromatic carbocycles. The summed E-state index contributed by atoms with van der Waals surface area (Å²) in [6, 6.07) is 9.45.